The maximum absolute atomic E-state index is 6.06. The van der Waals surface area contributed by atoms with Gasteiger partial charge >= 0.3 is 0 Å². The van der Waals surface area contributed by atoms with E-state index in [1.165, 1.54) is 18.1 Å². The molecule has 0 aromatic rings. The fourth-order valence-corrected chi connectivity index (χ4v) is 6.25. The minimum Gasteiger partial charge on any atom is -0.418 e. The molecule has 0 bridgehead atoms. The lowest BCUT2D eigenvalue weighted by Gasteiger charge is -2.28. The van der Waals surface area contributed by atoms with Crippen molar-refractivity contribution in [2.45, 2.75) is 38.9 Å². The quantitative estimate of drug-likeness (QED) is 0.487. The molecular weight excluding hydrogens is 216 g/mol. The number of halogens is 1. The summed E-state index contributed by atoms with van der Waals surface area (Å²) in [5.41, 5.74) is 1.88. The van der Waals surface area contributed by atoms with E-state index >= 15 is 0 Å². The fourth-order valence-electron chi connectivity index (χ4n) is 1.38. The van der Waals surface area contributed by atoms with Gasteiger partial charge in [0.15, 0.2) is 16.4 Å². The van der Waals surface area contributed by atoms with Crippen LogP contribution in [0, 0.1) is 0 Å². The highest BCUT2D eigenvalue weighted by Crippen LogP contribution is 2.21. The van der Waals surface area contributed by atoms with E-state index in [2.05, 4.69) is 27.4 Å². The van der Waals surface area contributed by atoms with Crippen molar-refractivity contribution in [3.8, 4) is 0 Å². The van der Waals surface area contributed by atoms with Crippen molar-refractivity contribution < 1.29 is 4.43 Å². The third-order valence-corrected chi connectivity index (χ3v) is 9.63. The Morgan fingerprint density at radius 2 is 1.77 bits per heavy atom. The Morgan fingerprint density at radius 3 is 2.08 bits per heavy atom. The summed E-state index contributed by atoms with van der Waals surface area (Å²) >= 11 is 6.06. The average molecular weight is 237 g/mol. The average Bonchev–Trinajstić information content (AvgIpc) is 2.20. The molecule has 13 heavy (non-hydrogen) atoms. The SMILES string of the molecule is C=C[SiH](Cl)CO[Si](CC)(CC)CC. The van der Waals surface area contributed by atoms with E-state index in [0.29, 0.717) is 0 Å². The maximum atomic E-state index is 6.06. The van der Waals surface area contributed by atoms with E-state index in [4.69, 9.17) is 15.5 Å². The summed E-state index contributed by atoms with van der Waals surface area (Å²) in [5.74, 6) is 0. The predicted octanol–water partition coefficient (Wildman–Crippen LogP) is 3.24. The molecule has 0 aliphatic rings. The van der Waals surface area contributed by atoms with E-state index in [1.807, 2.05) is 5.70 Å². The molecule has 0 radical (unpaired) electrons. The minimum atomic E-state index is -1.39. The van der Waals surface area contributed by atoms with Crippen LogP contribution in [-0.4, -0.2) is 22.7 Å². The normalized spacial score (nSPS) is 14.2. The van der Waals surface area contributed by atoms with E-state index < -0.39 is 16.4 Å². The predicted molar refractivity (Wildman–Crippen MR) is 66.3 cm³/mol. The van der Waals surface area contributed by atoms with Gasteiger partial charge in [-0.05, 0) is 18.1 Å². The van der Waals surface area contributed by atoms with Crippen LogP contribution >= 0.6 is 11.1 Å². The highest BCUT2D eigenvalue weighted by atomic mass is 35.6. The van der Waals surface area contributed by atoms with Gasteiger partial charge in [-0.15, -0.1) is 6.58 Å². The molecule has 0 saturated carbocycles. The first-order valence-corrected chi connectivity index (χ1v) is 10.8. The minimum absolute atomic E-state index is 0.771. The maximum Gasteiger partial charge on any atom is 0.191 e. The van der Waals surface area contributed by atoms with E-state index in [9.17, 15) is 0 Å². The van der Waals surface area contributed by atoms with Crippen molar-refractivity contribution in [3.05, 3.63) is 12.3 Å². The molecule has 0 aliphatic heterocycles. The molecular formula is C9H21ClOSi2. The van der Waals surface area contributed by atoms with Gasteiger partial charge in [-0.1, -0.05) is 26.5 Å². The topological polar surface area (TPSA) is 9.23 Å². The number of hydrogen-bond donors (Lipinski definition) is 0. The van der Waals surface area contributed by atoms with E-state index in [1.54, 1.807) is 0 Å². The molecule has 0 N–H and O–H groups in total. The van der Waals surface area contributed by atoms with Gasteiger partial charge in [0.05, 0.1) is 0 Å². The van der Waals surface area contributed by atoms with E-state index in [0.717, 1.165) is 6.23 Å². The highest BCUT2D eigenvalue weighted by molar-refractivity contribution is 7.10. The Morgan fingerprint density at radius 1 is 1.31 bits per heavy atom. The summed E-state index contributed by atoms with van der Waals surface area (Å²) in [5, 5.41) is 0. The Balaban J connectivity index is 4.02. The van der Waals surface area contributed by atoms with Gasteiger partial charge < -0.3 is 4.43 Å². The summed E-state index contributed by atoms with van der Waals surface area (Å²) < 4.78 is 6.03. The highest BCUT2D eigenvalue weighted by Gasteiger charge is 2.29. The summed E-state index contributed by atoms with van der Waals surface area (Å²) in [6, 6.07) is 3.61. The zero-order valence-electron chi connectivity index (χ0n) is 8.98. The molecule has 0 amide bonds. The molecule has 1 unspecified atom stereocenters. The van der Waals surface area contributed by atoms with Crippen molar-refractivity contribution >= 4 is 27.5 Å². The lowest BCUT2D eigenvalue weighted by molar-refractivity contribution is 0.363. The second-order valence-electron chi connectivity index (χ2n) is 3.31. The van der Waals surface area contributed by atoms with Crippen LogP contribution < -0.4 is 0 Å². The molecule has 0 spiro atoms. The Kier molecular flexibility index (Phi) is 7.04. The molecule has 0 aliphatic carbocycles. The van der Waals surface area contributed by atoms with Gasteiger partial charge in [-0.25, -0.2) is 0 Å². The zero-order valence-corrected chi connectivity index (χ0v) is 11.9. The van der Waals surface area contributed by atoms with Crippen molar-refractivity contribution in [1.82, 2.24) is 0 Å². The first-order valence-electron chi connectivity index (χ1n) is 5.04. The van der Waals surface area contributed by atoms with Gasteiger partial charge in [0, 0.05) is 6.23 Å². The molecule has 78 valence electrons. The first-order chi connectivity index (χ1) is 6.14. The lowest BCUT2D eigenvalue weighted by Crippen LogP contribution is -2.38. The van der Waals surface area contributed by atoms with Crippen LogP contribution in [0.5, 0.6) is 0 Å². The van der Waals surface area contributed by atoms with E-state index in [-0.39, 0.29) is 0 Å². The van der Waals surface area contributed by atoms with Crippen LogP contribution in [0.25, 0.3) is 0 Å². The molecule has 0 saturated heterocycles. The van der Waals surface area contributed by atoms with Gasteiger partial charge in [-0.2, -0.15) is 11.1 Å². The van der Waals surface area contributed by atoms with Crippen molar-refractivity contribution in [1.29, 1.82) is 0 Å². The monoisotopic (exact) mass is 236 g/mol. The molecule has 1 atom stereocenters. The number of hydrogen-bond acceptors (Lipinski definition) is 1. The van der Waals surface area contributed by atoms with Crippen LogP contribution in [0.1, 0.15) is 20.8 Å². The summed E-state index contributed by atoms with van der Waals surface area (Å²) in [6.07, 6.45) is 0.771. The van der Waals surface area contributed by atoms with Gasteiger partial charge in [-0.3, -0.25) is 0 Å². The summed E-state index contributed by atoms with van der Waals surface area (Å²) in [7, 11) is -2.67. The smallest absolute Gasteiger partial charge is 0.191 e. The third kappa shape index (κ3) is 4.45. The first kappa shape index (κ1) is 13.4. The van der Waals surface area contributed by atoms with Crippen LogP contribution in [0.2, 0.25) is 18.1 Å². The Bertz CT molecular complexity index is 140. The molecule has 0 heterocycles. The second kappa shape index (κ2) is 6.82. The second-order valence-corrected chi connectivity index (χ2v) is 11.6. The summed E-state index contributed by atoms with van der Waals surface area (Å²) in [6.45, 7) is 10.4. The lowest BCUT2D eigenvalue weighted by atomic mass is 10.9. The summed E-state index contributed by atoms with van der Waals surface area (Å²) in [4.78, 5) is 0. The van der Waals surface area contributed by atoms with Crippen LogP contribution in [0.3, 0.4) is 0 Å². The molecule has 4 heteroatoms. The van der Waals surface area contributed by atoms with Crippen molar-refractivity contribution in [3.63, 3.8) is 0 Å². The van der Waals surface area contributed by atoms with Crippen LogP contribution in [0.4, 0.5) is 0 Å². The largest absolute Gasteiger partial charge is 0.418 e. The molecule has 0 fully saturated rings. The fraction of sp³-hybridized carbons (Fsp3) is 0.778. The Hall–Kier alpha value is 0.424. The zero-order chi connectivity index (χ0) is 10.3. The van der Waals surface area contributed by atoms with Crippen LogP contribution in [-0.2, 0) is 4.43 Å². The van der Waals surface area contributed by atoms with Crippen molar-refractivity contribution in [2.24, 2.45) is 0 Å². The molecule has 0 rings (SSSR count). The molecule has 0 aromatic heterocycles. The standard InChI is InChI=1S/C9H21ClOSi2/c1-5-12(10)9-11-13(6-2,7-3)8-4/h5,12H,1,6-9H2,2-4H3. The molecule has 0 aromatic carbocycles. The Labute approximate surface area is 89.6 Å². The number of rotatable bonds is 7. The van der Waals surface area contributed by atoms with Gasteiger partial charge in [0.25, 0.3) is 0 Å². The third-order valence-electron chi connectivity index (χ3n) is 2.74. The van der Waals surface area contributed by atoms with Gasteiger partial charge in [0.1, 0.15) is 0 Å². The van der Waals surface area contributed by atoms with Gasteiger partial charge in [0.2, 0.25) is 0 Å². The van der Waals surface area contributed by atoms with Crippen LogP contribution in [0.15, 0.2) is 12.3 Å². The van der Waals surface area contributed by atoms with Crippen molar-refractivity contribution in [2.75, 3.05) is 6.23 Å². The molecule has 1 nitrogen and oxygen atoms in total.